The first-order chi connectivity index (χ1) is 15.0. The molecule has 0 amide bonds. The molecule has 0 radical (unpaired) electrons. The van der Waals surface area contributed by atoms with E-state index in [9.17, 15) is 12.6 Å². The summed E-state index contributed by atoms with van der Waals surface area (Å²) in [6, 6.07) is 8.36. The van der Waals surface area contributed by atoms with Crippen LogP contribution in [0.3, 0.4) is 0 Å². The van der Waals surface area contributed by atoms with Crippen molar-refractivity contribution in [2.24, 2.45) is 28.3 Å². The molecule has 0 spiro atoms. The summed E-state index contributed by atoms with van der Waals surface area (Å²) < 4.78 is 38.9. The highest BCUT2D eigenvalue weighted by Gasteiger charge is 2.41. The number of nitrogens with two attached hydrogens (primary N) is 6. The van der Waals surface area contributed by atoms with Crippen LogP contribution in [-0.4, -0.2) is 34.7 Å². The first kappa shape index (κ1) is 24.2. The number of aromatic nitrogens is 1. The summed E-state index contributed by atoms with van der Waals surface area (Å²) in [5.74, 6) is 7.59. The van der Waals surface area contributed by atoms with Gasteiger partial charge in [-0.25, -0.2) is 18.5 Å². The average molecular weight is 497 g/mol. The zero-order valence-corrected chi connectivity index (χ0v) is 19.3. The maximum atomic E-state index is 13.0. The molecule has 14 heteroatoms. The summed E-state index contributed by atoms with van der Waals surface area (Å²) in [6.07, 6.45) is 1.43. The monoisotopic (exact) mass is 496 g/mol. The van der Waals surface area contributed by atoms with Crippen LogP contribution in [0, 0.1) is 5.41 Å². The van der Waals surface area contributed by atoms with Crippen LogP contribution in [0.2, 0.25) is 0 Å². The maximum Gasteiger partial charge on any atom is 0.240 e. The number of para-hydroxylation sites is 1. The summed E-state index contributed by atoms with van der Waals surface area (Å²) >= 11 is 1.28. The summed E-state index contributed by atoms with van der Waals surface area (Å²) in [5.41, 5.74) is 18.5. The van der Waals surface area contributed by atoms with Crippen LogP contribution < -0.4 is 34.0 Å². The fourth-order valence-electron chi connectivity index (χ4n) is 3.34. The lowest BCUT2D eigenvalue weighted by Crippen LogP contribution is -2.30. The van der Waals surface area contributed by atoms with Gasteiger partial charge in [0.1, 0.15) is 10.7 Å². The van der Waals surface area contributed by atoms with Gasteiger partial charge in [-0.15, -0.1) is 0 Å². The van der Waals surface area contributed by atoms with Gasteiger partial charge in [-0.1, -0.05) is 29.5 Å². The van der Waals surface area contributed by atoms with Crippen LogP contribution in [0.25, 0.3) is 21.3 Å². The molecule has 2 aromatic carbocycles. The van der Waals surface area contributed by atoms with Crippen molar-refractivity contribution in [1.29, 1.82) is 5.41 Å². The van der Waals surface area contributed by atoms with E-state index >= 15 is 0 Å². The Bertz CT molecular complexity index is 1330. The normalized spacial score (nSPS) is 15.6. The molecule has 1 fully saturated rings. The van der Waals surface area contributed by atoms with Crippen molar-refractivity contribution in [2.45, 2.75) is 28.2 Å². The quantitative estimate of drug-likeness (QED) is 0.104. The van der Waals surface area contributed by atoms with Gasteiger partial charge in [0.25, 0.3) is 0 Å². The van der Waals surface area contributed by atoms with Gasteiger partial charge in [0.2, 0.25) is 10.0 Å². The lowest BCUT2D eigenvalue weighted by Gasteiger charge is -2.18. The number of nitrogen functional groups attached to an aromatic ring is 2. The van der Waals surface area contributed by atoms with Gasteiger partial charge in [-0.2, -0.15) is 0 Å². The number of amidine groups is 1. The number of hydrogen-bond acceptors (Lipinski definition) is 10. The highest BCUT2D eigenvalue weighted by molar-refractivity contribution is 7.91. The molecule has 172 valence electrons. The van der Waals surface area contributed by atoms with Crippen molar-refractivity contribution in [1.82, 2.24) is 4.98 Å². The SMILES string of the molecule is N=C(N)c1c(-c2cccc3sc(N)nc23)ccc(S(=O)CC2(N)CC2)c1S(N)(=O)=O.NN. The van der Waals surface area contributed by atoms with Crippen molar-refractivity contribution >= 4 is 53.3 Å². The summed E-state index contributed by atoms with van der Waals surface area (Å²) in [5, 5.41) is 13.9. The third-order valence-corrected chi connectivity index (χ3v) is 8.60. The number of fused-ring (bicyclic) bond motifs is 1. The summed E-state index contributed by atoms with van der Waals surface area (Å²) in [4.78, 5) is 3.90. The second kappa shape index (κ2) is 8.82. The van der Waals surface area contributed by atoms with E-state index in [0.717, 1.165) is 4.70 Å². The number of primary sulfonamides is 1. The smallest absolute Gasteiger partial charge is 0.240 e. The van der Waals surface area contributed by atoms with Crippen LogP contribution in [0.5, 0.6) is 0 Å². The minimum absolute atomic E-state index is 0.00635. The summed E-state index contributed by atoms with van der Waals surface area (Å²) in [7, 11) is -6.10. The number of nitrogens with one attached hydrogen (secondary N) is 1. The predicted octanol–water partition coefficient (Wildman–Crippen LogP) is -0.105. The van der Waals surface area contributed by atoms with Crippen molar-refractivity contribution in [2.75, 3.05) is 11.5 Å². The Balaban J connectivity index is 0.00000141. The molecule has 1 aromatic heterocycles. The van der Waals surface area contributed by atoms with E-state index in [0.29, 0.717) is 34.6 Å². The lowest BCUT2D eigenvalue weighted by atomic mass is 9.98. The predicted molar refractivity (Wildman–Crippen MR) is 128 cm³/mol. The van der Waals surface area contributed by atoms with Gasteiger partial charge in [0, 0.05) is 22.4 Å². The minimum Gasteiger partial charge on any atom is -0.384 e. The molecular weight excluding hydrogens is 472 g/mol. The largest absolute Gasteiger partial charge is 0.384 e. The zero-order chi connectivity index (χ0) is 23.8. The number of hydrazine groups is 1. The number of hydrogen-bond donors (Lipinski definition) is 7. The molecule has 1 unspecified atom stereocenters. The second-order valence-corrected chi connectivity index (χ2v) is 11.3. The van der Waals surface area contributed by atoms with E-state index in [1.807, 2.05) is 6.07 Å². The Morgan fingerprint density at radius 3 is 2.41 bits per heavy atom. The van der Waals surface area contributed by atoms with Crippen molar-refractivity contribution in [3.05, 3.63) is 35.9 Å². The molecule has 32 heavy (non-hydrogen) atoms. The van der Waals surface area contributed by atoms with Gasteiger partial charge in [0.15, 0.2) is 5.13 Å². The molecule has 1 aliphatic carbocycles. The Morgan fingerprint density at radius 1 is 1.19 bits per heavy atom. The average Bonchev–Trinajstić information content (AvgIpc) is 3.31. The number of sulfonamides is 1. The Hall–Kier alpha value is -2.46. The molecule has 0 bridgehead atoms. The third kappa shape index (κ3) is 4.66. The maximum absolute atomic E-state index is 13.0. The van der Waals surface area contributed by atoms with E-state index < -0.39 is 37.1 Å². The first-order valence-corrected chi connectivity index (χ1v) is 12.9. The van der Waals surface area contributed by atoms with Gasteiger partial charge in [0.05, 0.1) is 25.9 Å². The lowest BCUT2D eigenvalue weighted by molar-refractivity contribution is 0.594. The number of nitrogens with zero attached hydrogens (tertiary/aromatic N) is 1. The standard InChI is InChI=1S/C18H20N6O3S3.H4N2/c19-16(20)13-9(10-2-1-3-11-14(10)24-17(21)28-11)4-5-12(15(13)30(23,26)27)29(25)8-18(22)6-7-18;1-2/h1-5H,6-8,22H2,(H3,19,20)(H2,21,24)(H2,23,26,27);1-2H2. The Morgan fingerprint density at radius 2 is 1.84 bits per heavy atom. The number of thiazole rings is 1. The fraction of sp³-hybridized carbons (Fsp3) is 0.222. The van der Waals surface area contributed by atoms with Crippen LogP contribution in [0.1, 0.15) is 18.4 Å². The highest BCUT2D eigenvalue weighted by Crippen LogP contribution is 2.39. The van der Waals surface area contributed by atoms with E-state index in [1.54, 1.807) is 18.2 Å². The molecule has 1 saturated carbocycles. The molecule has 4 rings (SSSR count). The van der Waals surface area contributed by atoms with E-state index in [-0.39, 0.29) is 16.2 Å². The molecule has 0 saturated heterocycles. The van der Waals surface area contributed by atoms with Crippen molar-refractivity contribution in [3.8, 4) is 11.1 Å². The van der Waals surface area contributed by atoms with E-state index in [2.05, 4.69) is 16.7 Å². The van der Waals surface area contributed by atoms with Crippen LogP contribution >= 0.6 is 11.3 Å². The van der Waals surface area contributed by atoms with Crippen molar-refractivity contribution in [3.63, 3.8) is 0 Å². The van der Waals surface area contributed by atoms with E-state index in [4.69, 9.17) is 27.7 Å². The van der Waals surface area contributed by atoms with Gasteiger partial charge >= 0.3 is 0 Å². The molecule has 0 aliphatic heterocycles. The fourth-order valence-corrected chi connectivity index (χ4v) is 7.08. The minimum atomic E-state index is -4.37. The first-order valence-electron chi connectivity index (χ1n) is 9.20. The van der Waals surface area contributed by atoms with Gasteiger partial charge in [-0.3, -0.25) is 21.3 Å². The number of rotatable bonds is 6. The molecule has 13 N–H and O–H groups in total. The zero-order valence-electron chi connectivity index (χ0n) is 16.9. The highest BCUT2D eigenvalue weighted by atomic mass is 32.2. The molecular formula is C18H24N8O3S3. The van der Waals surface area contributed by atoms with Gasteiger partial charge < -0.3 is 17.2 Å². The molecule has 1 heterocycles. The Labute approximate surface area is 191 Å². The molecule has 1 atom stereocenters. The molecule has 1 aliphatic rings. The van der Waals surface area contributed by atoms with Crippen molar-refractivity contribution < 1.29 is 12.6 Å². The number of anilines is 1. The van der Waals surface area contributed by atoms with Gasteiger partial charge in [-0.05, 0) is 30.5 Å². The second-order valence-electron chi connectivity index (χ2n) is 7.33. The van der Waals surface area contributed by atoms with Crippen LogP contribution in [-0.2, 0) is 20.8 Å². The van der Waals surface area contributed by atoms with Crippen LogP contribution in [0.15, 0.2) is 40.1 Å². The topological polar surface area (TPSA) is 244 Å². The van der Waals surface area contributed by atoms with E-state index in [1.165, 1.54) is 17.4 Å². The molecule has 11 nitrogen and oxygen atoms in total. The third-order valence-electron chi connectivity index (χ3n) is 4.96. The number of benzene rings is 2. The summed E-state index contributed by atoms with van der Waals surface area (Å²) in [6.45, 7) is 0. The Kier molecular flexibility index (Phi) is 6.67. The van der Waals surface area contributed by atoms with Crippen LogP contribution in [0.4, 0.5) is 5.13 Å². The molecule has 3 aromatic rings.